The maximum atomic E-state index is 12.5. The average Bonchev–Trinajstić information content (AvgIpc) is 2.52. The van der Waals surface area contributed by atoms with Crippen LogP contribution in [0.15, 0.2) is 47.5 Å². The van der Waals surface area contributed by atoms with Gasteiger partial charge < -0.3 is 4.74 Å². The molecule has 2 aromatic carbocycles. The van der Waals surface area contributed by atoms with Crippen LogP contribution in [0.3, 0.4) is 0 Å². The second-order valence-corrected chi connectivity index (χ2v) is 5.98. The van der Waals surface area contributed by atoms with Crippen molar-refractivity contribution in [3.63, 3.8) is 0 Å². The van der Waals surface area contributed by atoms with E-state index in [1.807, 2.05) is 19.1 Å². The van der Waals surface area contributed by atoms with E-state index in [4.69, 9.17) is 27.9 Å². The molecule has 0 saturated carbocycles. The van der Waals surface area contributed by atoms with Crippen molar-refractivity contribution in [2.45, 2.75) is 13.5 Å². The fraction of sp³-hybridized carbons (Fsp3) is 0.176. The zero-order valence-corrected chi connectivity index (χ0v) is 13.9. The third-order valence-corrected chi connectivity index (χ3v) is 4.07. The highest BCUT2D eigenvalue weighted by atomic mass is 35.5. The van der Waals surface area contributed by atoms with Crippen LogP contribution in [0, 0.1) is 6.92 Å². The second-order valence-electron chi connectivity index (χ2n) is 5.14. The standard InChI is InChI=1S/C17H14Cl2N2O2/c1-11-3-2-4-13-16(11)20-10-21(17(13)22)7-8-23-15-6-5-12(18)9-14(15)19/h2-6,9-10H,7-8H2,1H3. The second kappa shape index (κ2) is 6.60. The average molecular weight is 349 g/mol. The molecule has 4 nitrogen and oxygen atoms in total. The van der Waals surface area contributed by atoms with Crippen LogP contribution in [0.1, 0.15) is 5.56 Å². The molecule has 1 heterocycles. The number of fused-ring (bicyclic) bond motifs is 1. The summed E-state index contributed by atoms with van der Waals surface area (Å²) in [6.07, 6.45) is 1.55. The van der Waals surface area contributed by atoms with Crippen molar-refractivity contribution in [1.29, 1.82) is 0 Å². The zero-order valence-electron chi connectivity index (χ0n) is 12.4. The summed E-state index contributed by atoms with van der Waals surface area (Å²) in [5, 5.41) is 1.60. The van der Waals surface area contributed by atoms with E-state index in [1.165, 1.54) is 4.57 Å². The first-order valence-corrected chi connectivity index (χ1v) is 7.84. The lowest BCUT2D eigenvalue weighted by atomic mass is 10.1. The van der Waals surface area contributed by atoms with Gasteiger partial charge in [0.1, 0.15) is 12.4 Å². The van der Waals surface area contributed by atoms with Crippen LogP contribution in [0.4, 0.5) is 0 Å². The van der Waals surface area contributed by atoms with Crippen molar-refractivity contribution in [2.75, 3.05) is 6.61 Å². The highest BCUT2D eigenvalue weighted by Crippen LogP contribution is 2.27. The summed E-state index contributed by atoms with van der Waals surface area (Å²) >= 11 is 11.9. The Kier molecular flexibility index (Phi) is 4.55. The lowest BCUT2D eigenvalue weighted by Crippen LogP contribution is -2.23. The molecule has 0 bridgehead atoms. The Bertz CT molecular complexity index is 922. The summed E-state index contributed by atoms with van der Waals surface area (Å²) in [4.78, 5) is 16.8. The molecular weight excluding hydrogens is 335 g/mol. The van der Waals surface area contributed by atoms with Crippen molar-refractivity contribution < 1.29 is 4.74 Å². The molecule has 3 rings (SSSR count). The highest BCUT2D eigenvalue weighted by Gasteiger charge is 2.07. The topological polar surface area (TPSA) is 44.1 Å². The van der Waals surface area contributed by atoms with Gasteiger partial charge in [-0.1, -0.05) is 35.3 Å². The smallest absolute Gasteiger partial charge is 0.261 e. The number of hydrogen-bond acceptors (Lipinski definition) is 3. The first kappa shape index (κ1) is 15.8. The first-order valence-electron chi connectivity index (χ1n) is 7.09. The predicted octanol–water partition coefficient (Wildman–Crippen LogP) is 4.09. The van der Waals surface area contributed by atoms with E-state index >= 15 is 0 Å². The van der Waals surface area contributed by atoms with Crippen LogP contribution in [-0.4, -0.2) is 16.2 Å². The van der Waals surface area contributed by atoms with Gasteiger partial charge in [-0.15, -0.1) is 0 Å². The van der Waals surface area contributed by atoms with Crippen LogP contribution in [0.25, 0.3) is 10.9 Å². The summed E-state index contributed by atoms with van der Waals surface area (Å²) in [6, 6.07) is 10.6. The predicted molar refractivity (Wildman–Crippen MR) is 92.7 cm³/mol. The number of nitrogens with zero attached hydrogens (tertiary/aromatic N) is 2. The molecule has 0 radical (unpaired) electrons. The molecule has 0 spiro atoms. The molecule has 0 atom stereocenters. The number of ether oxygens (including phenoxy) is 1. The first-order chi connectivity index (χ1) is 11.1. The van der Waals surface area contributed by atoms with Crippen molar-refractivity contribution in [3.8, 4) is 5.75 Å². The number of halogens is 2. The number of hydrogen-bond donors (Lipinski definition) is 0. The van der Waals surface area contributed by atoms with Gasteiger partial charge in [0.15, 0.2) is 0 Å². The molecule has 23 heavy (non-hydrogen) atoms. The quantitative estimate of drug-likeness (QED) is 0.713. The lowest BCUT2D eigenvalue weighted by molar-refractivity contribution is 0.296. The Morgan fingerprint density at radius 1 is 1.22 bits per heavy atom. The van der Waals surface area contributed by atoms with Gasteiger partial charge >= 0.3 is 0 Å². The maximum Gasteiger partial charge on any atom is 0.261 e. The zero-order chi connectivity index (χ0) is 16.4. The van der Waals surface area contributed by atoms with E-state index in [0.717, 1.165) is 11.1 Å². The Morgan fingerprint density at radius 2 is 2.04 bits per heavy atom. The van der Waals surface area contributed by atoms with Crippen LogP contribution in [0.2, 0.25) is 10.0 Å². The number of aromatic nitrogens is 2. The van der Waals surface area contributed by atoms with Gasteiger partial charge in [0.05, 0.1) is 28.8 Å². The summed E-state index contributed by atoms with van der Waals surface area (Å²) in [5.41, 5.74) is 1.64. The monoisotopic (exact) mass is 348 g/mol. The van der Waals surface area contributed by atoms with E-state index < -0.39 is 0 Å². The molecule has 0 unspecified atom stereocenters. The molecule has 3 aromatic rings. The molecule has 118 valence electrons. The van der Waals surface area contributed by atoms with E-state index in [0.29, 0.717) is 34.3 Å². The van der Waals surface area contributed by atoms with Crippen LogP contribution in [0.5, 0.6) is 5.75 Å². The highest BCUT2D eigenvalue weighted by molar-refractivity contribution is 6.35. The number of benzene rings is 2. The van der Waals surface area contributed by atoms with Crippen molar-refractivity contribution in [3.05, 3.63) is 68.7 Å². The lowest BCUT2D eigenvalue weighted by Gasteiger charge is -2.10. The van der Waals surface area contributed by atoms with Crippen molar-refractivity contribution in [1.82, 2.24) is 9.55 Å². The molecule has 0 amide bonds. The van der Waals surface area contributed by atoms with E-state index in [2.05, 4.69) is 4.98 Å². The summed E-state index contributed by atoms with van der Waals surface area (Å²) < 4.78 is 7.14. The van der Waals surface area contributed by atoms with Gasteiger partial charge in [-0.2, -0.15) is 0 Å². The number of aryl methyl sites for hydroxylation is 1. The Morgan fingerprint density at radius 3 is 2.83 bits per heavy atom. The molecule has 0 N–H and O–H groups in total. The van der Waals surface area contributed by atoms with E-state index in [-0.39, 0.29) is 5.56 Å². The molecule has 1 aromatic heterocycles. The maximum absolute atomic E-state index is 12.5. The Hall–Kier alpha value is -2.04. The summed E-state index contributed by atoms with van der Waals surface area (Å²) in [6.45, 7) is 2.62. The van der Waals surface area contributed by atoms with Gasteiger partial charge in [-0.25, -0.2) is 4.98 Å². The van der Waals surface area contributed by atoms with Gasteiger partial charge in [0.25, 0.3) is 5.56 Å². The fourth-order valence-corrected chi connectivity index (χ4v) is 2.81. The molecule has 0 aliphatic rings. The number of para-hydroxylation sites is 1. The summed E-state index contributed by atoms with van der Waals surface area (Å²) in [7, 11) is 0. The van der Waals surface area contributed by atoms with Crippen molar-refractivity contribution >= 4 is 34.1 Å². The third-order valence-electron chi connectivity index (χ3n) is 3.54. The normalized spacial score (nSPS) is 10.9. The fourth-order valence-electron chi connectivity index (χ4n) is 2.34. The van der Waals surface area contributed by atoms with E-state index in [1.54, 1.807) is 30.6 Å². The van der Waals surface area contributed by atoms with Crippen molar-refractivity contribution in [2.24, 2.45) is 0 Å². The van der Waals surface area contributed by atoms with E-state index in [9.17, 15) is 4.79 Å². The number of rotatable bonds is 4. The largest absolute Gasteiger partial charge is 0.490 e. The van der Waals surface area contributed by atoms with Crippen LogP contribution in [-0.2, 0) is 6.54 Å². The molecule has 0 saturated heterocycles. The van der Waals surface area contributed by atoms with Crippen LogP contribution >= 0.6 is 23.2 Å². The van der Waals surface area contributed by atoms with Gasteiger partial charge in [-0.05, 0) is 36.8 Å². The molecule has 0 aliphatic heterocycles. The minimum Gasteiger partial charge on any atom is -0.490 e. The minimum absolute atomic E-state index is 0.0792. The van der Waals surface area contributed by atoms with Crippen LogP contribution < -0.4 is 10.3 Å². The van der Waals surface area contributed by atoms with Gasteiger partial charge in [0.2, 0.25) is 0 Å². The van der Waals surface area contributed by atoms with Gasteiger partial charge in [0, 0.05) is 5.02 Å². The Labute approximate surface area is 143 Å². The Balaban J connectivity index is 1.77. The third kappa shape index (κ3) is 3.33. The minimum atomic E-state index is -0.0792. The van der Waals surface area contributed by atoms with Gasteiger partial charge in [-0.3, -0.25) is 9.36 Å². The SMILES string of the molecule is Cc1cccc2c(=O)n(CCOc3ccc(Cl)cc3Cl)cnc12. The molecule has 0 fully saturated rings. The summed E-state index contributed by atoms with van der Waals surface area (Å²) in [5.74, 6) is 0.536. The molecular formula is C17H14Cl2N2O2. The molecule has 6 heteroatoms. The molecule has 0 aliphatic carbocycles.